The Hall–Kier alpha value is -2.20. The molecule has 0 spiro atoms. The first-order chi connectivity index (χ1) is 12.7. The molecule has 0 bridgehead atoms. The molecule has 5 heteroatoms. The Bertz CT molecular complexity index is 970. The fourth-order valence-electron chi connectivity index (χ4n) is 2.77. The van der Waals surface area contributed by atoms with Crippen LogP contribution in [0.4, 0.5) is 0 Å². The second kappa shape index (κ2) is 8.66. The van der Waals surface area contributed by atoms with Crippen LogP contribution in [0.2, 0.25) is 10.0 Å². The molecule has 4 rings (SSSR count). The van der Waals surface area contributed by atoms with Crippen LogP contribution in [0.25, 0.3) is 28.1 Å². The van der Waals surface area contributed by atoms with Gasteiger partial charge < -0.3 is 17.0 Å². The van der Waals surface area contributed by atoms with E-state index in [1.807, 2.05) is 89.7 Å². The van der Waals surface area contributed by atoms with E-state index in [1.165, 1.54) is 0 Å². The fraction of sp³-hybridized carbons (Fsp3) is 0. The van der Waals surface area contributed by atoms with Gasteiger partial charge in [-0.05, 0) is 35.9 Å². The van der Waals surface area contributed by atoms with Crippen LogP contribution in [0.3, 0.4) is 0 Å². The third kappa shape index (κ3) is 4.56. The fourth-order valence-corrected chi connectivity index (χ4v) is 3.02. The number of benzene rings is 3. The van der Waals surface area contributed by atoms with Gasteiger partial charge in [-0.2, -0.15) is 0 Å². The van der Waals surface area contributed by atoms with E-state index in [0.29, 0.717) is 5.02 Å². The minimum Gasteiger partial charge on any atom is -1.00 e. The summed E-state index contributed by atoms with van der Waals surface area (Å²) in [6.07, 6.45) is 2.03. The maximum atomic E-state index is 6.04. The third-order valence-corrected chi connectivity index (χ3v) is 4.61. The van der Waals surface area contributed by atoms with Gasteiger partial charge in [0.15, 0.2) is 0 Å². The lowest BCUT2D eigenvalue weighted by Gasteiger charge is -2.05. The van der Waals surface area contributed by atoms with Crippen molar-refractivity contribution in [1.82, 2.24) is 5.10 Å². The molecule has 3 aromatic carbocycles. The highest BCUT2D eigenvalue weighted by atomic mass is 79.9. The van der Waals surface area contributed by atoms with E-state index in [1.54, 1.807) is 0 Å². The number of rotatable bonds is 3. The van der Waals surface area contributed by atoms with Crippen LogP contribution in [-0.4, -0.2) is 5.10 Å². The van der Waals surface area contributed by atoms with Crippen molar-refractivity contribution in [3.8, 4) is 28.1 Å². The van der Waals surface area contributed by atoms with Crippen molar-refractivity contribution in [2.45, 2.75) is 0 Å². The third-order valence-electron chi connectivity index (χ3n) is 4.11. The van der Waals surface area contributed by atoms with Crippen molar-refractivity contribution in [3.63, 3.8) is 0 Å². The van der Waals surface area contributed by atoms with Gasteiger partial charge in [-0.25, -0.2) is 0 Å². The number of nitrogens with zero attached hydrogens (tertiary/aromatic N) is 2. The molecule has 134 valence electrons. The molecule has 0 saturated heterocycles. The molecule has 0 aliphatic heterocycles. The summed E-state index contributed by atoms with van der Waals surface area (Å²) in [6, 6.07) is 27.7. The molecule has 0 aliphatic rings. The molecule has 0 aliphatic carbocycles. The number of halogens is 3. The highest BCUT2D eigenvalue weighted by molar-refractivity contribution is 6.30. The highest BCUT2D eigenvalue weighted by Gasteiger charge is 2.15. The van der Waals surface area contributed by atoms with Gasteiger partial charge in [0.05, 0.1) is 5.56 Å². The molecule has 0 atom stereocenters. The molecule has 0 saturated carbocycles. The Morgan fingerprint density at radius 1 is 0.630 bits per heavy atom. The molecule has 0 unspecified atom stereocenters. The zero-order valence-corrected chi connectivity index (χ0v) is 17.3. The molecule has 0 fully saturated rings. The first-order valence-corrected chi connectivity index (χ1v) is 8.96. The SMILES string of the molecule is Clc1ccc(-c2cc(-c3ccc(Cl)cc3)n[n+](-c3ccccc3)c2)cc1.[Br-]. The van der Waals surface area contributed by atoms with Gasteiger partial charge in [-0.1, -0.05) is 70.3 Å². The molecule has 2 nitrogen and oxygen atoms in total. The minimum atomic E-state index is 0. The number of hydrogen-bond donors (Lipinski definition) is 0. The molecule has 0 amide bonds. The van der Waals surface area contributed by atoms with Gasteiger partial charge in [-0.15, -0.1) is 0 Å². The normalized spacial score (nSPS) is 10.3. The van der Waals surface area contributed by atoms with Crippen LogP contribution >= 0.6 is 23.2 Å². The maximum absolute atomic E-state index is 6.04. The number of hydrogen-bond acceptors (Lipinski definition) is 1. The molecule has 0 radical (unpaired) electrons. The maximum Gasteiger partial charge on any atom is 0.238 e. The van der Waals surface area contributed by atoms with Crippen LogP contribution < -0.4 is 21.7 Å². The number of aromatic nitrogens is 2. The first kappa shape index (κ1) is 19.6. The molecule has 1 aromatic heterocycles. The molecule has 4 aromatic rings. The van der Waals surface area contributed by atoms with Crippen molar-refractivity contribution in [2.24, 2.45) is 0 Å². The quantitative estimate of drug-likeness (QED) is 0.432. The van der Waals surface area contributed by atoms with E-state index in [0.717, 1.165) is 33.1 Å². The Morgan fingerprint density at radius 3 is 1.78 bits per heavy atom. The van der Waals surface area contributed by atoms with Crippen LogP contribution in [0.15, 0.2) is 91.1 Å². The molecule has 0 N–H and O–H groups in total. The Morgan fingerprint density at radius 2 is 1.19 bits per heavy atom. The van der Waals surface area contributed by atoms with Gasteiger partial charge in [0.1, 0.15) is 5.69 Å². The molecule has 27 heavy (non-hydrogen) atoms. The molecule has 1 heterocycles. The molecular formula is C22H15BrCl2N2. The number of para-hydroxylation sites is 1. The minimum absolute atomic E-state index is 0. The van der Waals surface area contributed by atoms with E-state index in [4.69, 9.17) is 28.3 Å². The smallest absolute Gasteiger partial charge is 0.238 e. The lowest BCUT2D eigenvalue weighted by molar-refractivity contribution is -0.658. The van der Waals surface area contributed by atoms with Gasteiger partial charge in [0, 0.05) is 32.8 Å². The molecular weight excluding hydrogens is 443 g/mol. The summed E-state index contributed by atoms with van der Waals surface area (Å²) in [7, 11) is 0. The van der Waals surface area contributed by atoms with E-state index in [2.05, 4.69) is 6.07 Å². The van der Waals surface area contributed by atoms with Crippen molar-refractivity contribution in [3.05, 3.63) is 101 Å². The van der Waals surface area contributed by atoms with Crippen LogP contribution in [0.5, 0.6) is 0 Å². The largest absolute Gasteiger partial charge is 1.00 e. The van der Waals surface area contributed by atoms with Crippen molar-refractivity contribution in [1.29, 1.82) is 0 Å². The topological polar surface area (TPSA) is 16.8 Å². The average molecular weight is 458 g/mol. The Kier molecular flexibility index (Phi) is 6.27. The first-order valence-electron chi connectivity index (χ1n) is 8.20. The predicted octanol–water partition coefficient (Wildman–Crippen LogP) is 3.00. The van der Waals surface area contributed by atoms with Crippen LogP contribution in [0, 0.1) is 0 Å². The van der Waals surface area contributed by atoms with E-state index < -0.39 is 0 Å². The lowest BCUT2D eigenvalue weighted by Crippen LogP contribution is -3.00. The zero-order chi connectivity index (χ0) is 17.9. The summed E-state index contributed by atoms with van der Waals surface area (Å²) < 4.78 is 1.90. The second-order valence-corrected chi connectivity index (χ2v) is 6.78. The van der Waals surface area contributed by atoms with E-state index in [9.17, 15) is 0 Å². The summed E-state index contributed by atoms with van der Waals surface area (Å²) in [5, 5.41) is 6.22. The lowest BCUT2D eigenvalue weighted by atomic mass is 10.0. The van der Waals surface area contributed by atoms with E-state index in [-0.39, 0.29) is 17.0 Å². The van der Waals surface area contributed by atoms with Gasteiger partial charge >= 0.3 is 0 Å². The van der Waals surface area contributed by atoms with Crippen LogP contribution in [-0.2, 0) is 0 Å². The van der Waals surface area contributed by atoms with Gasteiger partial charge in [0.2, 0.25) is 11.9 Å². The second-order valence-electron chi connectivity index (χ2n) is 5.91. The van der Waals surface area contributed by atoms with Gasteiger partial charge in [-0.3, -0.25) is 0 Å². The summed E-state index contributed by atoms with van der Waals surface area (Å²) in [6.45, 7) is 0. The summed E-state index contributed by atoms with van der Waals surface area (Å²) in [5.74, 6) is 0. The predicted molar refractivity (Wildman–Crippen MR) is 107 cm³/mol. The Balaban J connectivity index is 0.00000210. The monoisotopic (exact) mass is 456 g/mol. The Labute approximate surface area is 178 Å². The average Bonchev–Trinajstić information content (AvgIpc) is 2.69. The standard InChI is InChI=1S/C22H15Cl2N2.BrH/c23-19-10-6-16(7-11-19)18-14-22(17-8-12-20(24)13-9-17)25-26(15-18)21-4-2-1-3-5-21;/h1-15H;1H/q+1;/p-1. The zero-order valence-electron chi connectivity index (χ0n) is 14.2. The summed E-state index contributed by atoms with van der Waals surface area (Å²) in [5.41, 5.74) is 5.02. The van der Waals surface area contributed by atoms with Crippen molar-refractivity contribution >= 4 is 23.2 Å². The summed E-state index contributed by atoms with van der Waals surface area (Å²) >= 11 is 12.1. The van der Waals surface area contributed by atoms with Crippen molar-refractivity contribution in [2.75, 3.05) is 0 Å². The van der Waals surface area contributed by atoms with E-state index >= 15 is 0 Å². The van der Waals surface area contributed by atoms with Gasteiger partial charge in [0.25, 0.3) is 0 Å². The van der Waals surface area contributed by atoms with Crippen LogP contribution in [0.1, 0.15) is 0 Å². The summed E-state index contributed by atoms with van der Waals surface area (Å²) in [4.78, 5) is 0. The van der Waals surface area contributed by atoms with Crippen molar-refractivity contribution < 1.29 is 21.7 Å². The highest BCUT2D eigenvalue weighted by Crippen LogP contribution is 2.25.